The number of benzene rings is 1. The lowest BCUT2D eigenvalue weighted by Gasteiger charge is -2.18. The van der Waals surface area contributed by atoms with Crippen LogP contribution in [0.2, 0.25) is 0 Å². The lowest BCUT2D eigenvalue weighted by molar-refractivity contribution is -0.152. The van der Waals surface area contributed by atoms with E-state index < -0.39 is 6.04 Å². The highest BCUT2D eigenvalue weighted by Crippen LogP contribution is 2.22. The lowest BCUT2D eigenvalue weighted by Crippen LogP contribution is -2.20. The number of imidazole rings is 1. The van der Waals surface area contributed by atoms with Gasteiger partial charge in [-0.25, -0.2) is 9.78 Å². The highest BCUT2D eigenvalue weighted by Gasteiger charge is 2.21. The first-order chi connectivity index (χ1) is 10.7. The van der Waals surface area contributed by atoms with Crippen LogP contribution in [0.4, 0.5) is 0 Å². The number of para-hydroxylation sites is 2. The molecule has 0 aliphatic heterocycles. The zero-order valence-corrected chi connectivity index (χ0v) is 12.5. The molecule has 5 nitrogen and oxygen atoms in total. The molecule has 2 unspecified atom stereocenters. The summed E-state index contributed by atoms with van der Waals surface area (Å²) in [4.78, 5) is 20.7. The molecule has 0 aliphatic rings. The largest absolute Gasteiger partial charge is 0.456 e. The van der Waals surface area contributed by atoms with E-state index in [4.69, 9.17) is 4.74 Å². The highest BCUT2D eigenvalue weighted by molar-refractivity contribution is 5.80. The number of carbonyl (C=O) groups is 1. The fourth-order valence-corrected chi connectivity index (χ4v) is 2.36. The number of aromatic nitrogens is 3. The van der Waals surface area contributed by atoms with Gasteiger partial charge in [0.2, 0.25) is 0 Å². The van der Waals surface area contributed by atoms with Crippen LogP contribution < -0.4 is 0 Å². The van der Waals surface area contributed by atoms with Crippen molar-refractivity contribution in [2.75, 3.05) is 0 Å². The fraction of sp³-hybridized carbons (Fsp3) is 0.235. The molecule has 0 spiro atoms. The van der Waals surface area contributed by atoms with Gasteiger partial charge in [-0.15, -0.1) is 0 Å². The zero-order chi connectivity index (χ0) is 15.5. The third-order valence-electron chi connectivity index (χ3n) is 3.69. The van der Waals surface area contributed by atoms with Crippen molar-refractivity contribution in [2.24, 2.45) is 0 Å². The topological polar surface area (TPSA) is 57.0 Å². The van der Waals surface area contributed by atoms with Crippen LogP contribution >= 0.6 is 0 Å². The Bertz CT molecular complexity index is 783. The summed E-state index contributed by atoms with van der Waals surface area (Å²) in [6, 6.07) is 11.0. The SMILES string of the molecule is CC(OC(=O)C(C)n1cnc2ccccc21)c1cccnc1. The van der Waals surface area contributed by atoms with Crippen LogP contribution in [0.1, 0.15) is 31.6 Å². The predicted octanol–water partition coefficient (Wildman–Crippen LogP) is 3.30. The molecule has 0 bridgehead atoms. The number of fused-ring (bicyclic) bond motifs is 1. The van der Waals surface area contributed by atoms with Crippen molar-refractivity contribution >= 4 is 17.0 Å². The molecule has 0 amide bonds. The van der Waals surface area contributed by atoms with Crippen LogP contribution in [0.5, 0.6) is 0 Å². The van der Waals surface area contributed by atoms with Crippen molar-refractivity contribution in [3.05, 3.63) is 60.7 Å². The van der Waals surface area contributed by atoms with Crippen molar-refractivity contribution in [1.29, 1.82) is 0 Å². The molecule has 3 rings (SSSR count). The van der Waals surface area contributed by atoms with Crippen molar-refractivity contribution in [3.63, 3.8) is 0 Å². The van der Waals surface area contributed by atoms with Gasteiger partial charge in [0.15, 0.2) is 0 Å². The fourth-order valence-electron chi connectivity index (χ4n) is 2.36. The second-order valence-electron chi connectivity index (χ2n) is 5.18. The summed E-state index contributed by atoms with van der Waals surface area (Å²) in [7, 11) is 0. The van der Waals surface area contributed by atoms with Crippen LogP contribution in [-0.2, 0) is 9.53 Å². The molecule has 22 heavy (non-hydrogen) atoms. The maximum Gasteiger partial charge on any atom is 0.329 e. The summed E-state index contributed by atoms with van der Waals surface area (Å²) in [6.45, 7) is 3.65. The first-order valence-corrected chi connectivity index (χ1v) is 7.19. The van der Waals surface area contributed by atoms with Crippen LogP contribution in [-0.4, -0.2) is 20.5 Å². The van der Waals surface area contributed by atoms with Gasteiger partial charge in [0.05, 0.1) is 17.4 Å². The van der Waals surface area contributed by atoms with Gasteiger partial charge < -0.3 is 9.30 Å². The Morgan fingerprint density at radius 2 is 2.00 bits per heavy atom. The highest BCUT2D eigenvalue weighted by atomic mass is 16.5. The molecule has 5 heteroatoms. The van der Waals surface area contributed by atoms with Crippen molar-refractivity contribution in [3.8, 4) is 0 Å². The van der Waals surface area contributed by atoms with Crippen LogP contribution in [0.25, 0.3) is 11.0 Å². The van der Waals surface area contributed by atoms with Crippen molar-refractivity contribution in [2.45, 2.75) is 26.0 Å². The predicted molar refractivity (Wildman–Crippen MR) is 83.2 cm³/mol. The Kier molecular flexibility index (Phi) is 3.87. The second kappa shape index (κ2) is 5.97. The molecule has 0 saturated heterocycles. The van der Waals surface area contributed by atoms with Gasteiger partial charge in [-0.1, -0.05) is 18.2 Å². The maximum atomic E-state index is 12.4. The first-order valence-electron chi connectivity index (χ1n) is 7.19. The van der Waals surface area contributed by atoms with E-state index in [2.05, 4.69) is 9.97 Å². The number of hydrogen-bond donors (Lipinski definition) is 0. The second-order valence-corrected chi connectivity index (χ2v) is 5.18. The molecule has 0 aliphatic carbocycles. The van der Waals surface area contributed by atoms with Crippen molar-refractivity contribution < 1.29 is 9.53 Å². The molecule has 0 N–H and O–H groups in total. The van der Waals surface area contributed by atoms with E-state index in [1.54, 1.807) is 18.7 Å². The van der Waals surface area contributed by atoms with Gasteiger partial charge in [-0.2, -0.15) is 0 Å². The standard InChI is InChI=1S/C17H17N3O2/c1-12(20-11-19-15-7-3-4-8-16(15)20)17(21)22-13(2)14-6-5-9-18-10-14/h3-13H,1-2H3. The first kappa shape index (κ1) is 14.3. The van der Waals surface area contributed by atoms with Gasteiger partial charge in [0.25, 0.3) is 0 Å². The van der Waals surface area contributed by atoms with E-state index >= 15 is 0 Å². The van der Waals surface area contributed by atoms with E-state index in [9.17, 15) is 4.79 Å². The van der Waals surface area contributed by atoms with Gasteiger partial charge in [0.1, 0.15) is 12.1 Å². The third-order valence-corrected chi connectivity index (χ3v) is 3.69. The molecular weight excluding hydrogens is 278 g/mol. The third kappa shape index (κ3) is 2.70. The van der Waals surface area contributed by atoms with E-state index in [0.29, 0.717) is 0 Å². The molecule has 2 aromatic heterocycles. The molecule has 1 aromatic carbocycles. The Hall–Kier alpha value is -2.69. The zero-order valence-electron chi connectivity index (χ0n) is 12.5. The van der Waals surface area contributed by atoms with Gasteiger partial charge in [-0.05, 0) is 32.0 Å². The summed E-state index contributed by atoms with van der Waals surface area (Å²) in [5.74, 6) is -0.292. The van der Waals surface area contributed by atoms with Gasteiger partial charge in [-0.3, -0.25) is 4.98 Å². The number of esters is 1. The molecule has 2 atom stereocenters. The minimum atomic E-state index is -0.438. The molecular formula is C17H17N3O2. The Balaban J connectivity index is 1.77. The summed E-state index contributed by atoms with van der Waals surface area (Å²) in [5, 5.41) is 0. The van der Waals surface area contributed by atoms with E-state index in [-0.39, 0.29) is 12.1 Å². The van der Waals surface area contributed by atoms with E-state index in [0.717, 1.165) is 16.6 Å². The number of pyridine rings is 1. The molecule has 0 fully saturated rings. The molecule has 0 radical (unpaired) electrons. The van der Waals surface area contributed by atoms with Gasteiger partial charge >= 0.3 is 5.97 Å². The number of nitrogens with zero attached hydrogens (tertiary/aromatic N) is 3. The average Bonchev–Trinajstić information content (AvgIpc) is 2.99. The summed E-state index contributed by atoms with van der Waals surface area (Å²) >= 11 is 0. The number of rotatable bonds is 4. The Morgan fingerprint density at radius 3 is 2.77 bits per heavy atom. The van der Waals surface area contributed by atoms with Gasteiger partial charge in [0, 0.05) is 18.0 Å². The summed E-state index contributed by atoms with van der Waals surface area (Å²) in [6.07, 6.45) is 4.73. The number of hydrogen-bond acceptors (Lipinski definition) is 4. The normalized spacial score (nSPS) is 13.7. The quantitative estimate of drug-likeness (QED) is 0.693. The smallest absolute Gasteiger partial charge is 0.329 e. The minimum Gasteiger partial charge on any atom is -0.456 e. The molecule has 3 aromatic rings. The minimum absolute atomic E-state index is 0.292. The monoisotopic (exact) mass is 295 g/mol. The number of ether oxygens (including phenoxy) is 1. The van der Waals surface area contributed by atoms with E-state index in [1.807, 2.05) is 54.8 Å². The summed E-state index contributed by atoms with van der Waals surface area (Å²) in [5.41, 5.74) is 2.65. The molecule has 2 heterocycles. The molecule has 0 saturated carbocycles. The average molecular weight is 295 g/mol. The van der Waals surface area contributed by atoms with Crippen LogP contribution in [0, 0.1) is 0 Å². The Morgan fingerprint density at radius 1 is 1.18 bits per heavy atom. The lowest BCUT2D eigenvalue weighted by atomic mass is 10.2. The summed E-state index contributed by atoms with van der Waals surface area (Å²) < 4.78 is 7.37. The maximum absolute atomic E-state index is 12.4. The number of carbonyl (C=O) groups excluding carboxylic acids is 1. The van der Waals surface area contributed by atoms with Crippen LogP contribution in [0.15, 0.2) is 55.1 Å². The Labute approximate surface area is 128 Å². The van der Waals surface area contributed by atoms with Crippen LogP contribution in [0.3, 0.4) is 0 Å². The molecule has 112 valence electrons. The van der Waals surface area contributed by atoms with Crippen molar-refractivity contribution in [1.82, 2.24) is 14.5 Å². The van der Waals surface area contributed by atoms with E-state index in [1.165, 1.54) is 0 Å².